The van der Waals surface area contributed by atoms with Crippen LogP contribution in [0.1, 0.15) is 31.0 Å². The fourth-order valence-corrected chi connectivity index (χ4v) is 3.87. The minimum Gasteiger partial charge on any atom is -0.361 e. The Morgan fingerprint density at radius 3 is 2.84 bits per heavy atom. The summed E-state index contributed by atoms with van der Waals surface area (Å²) in [6.45, 7) is 4.89. The zero-order valence-electron chi connectivity index (χ0n) is 17.6. The summed E-state index contributed by atoms with van der Waals surface area (Å²) in [5.74, 6) is -0.713. The van der Waals surface area contributed by atoms with Crippen molar-refractivity contribution in [2.45, 2.75) is 45.7 Å². The number of para-hydroxylation sites is 1. The van der Waals surface area contributed by atoms with Crippen LogP contribution in [0, 0.1) is 6.92 Å². The Morgan fingerprint density at radius 1 is 1.23 bits per heavy atom. The van der Waals surface area contributed by atoms with E-state index in [0.717, 1.165) is 29.4 Å². The molecule has 3 aromatic rings. The Labute approximate surface area is 179 Å². The van der Waals surface area contributed by atoms with Crippen LogP contribution in [0.15, 0.2) is 36.7 Å². The number of carbonyl (C=O) groups excluding carboxylic acids is 3. The number of amides is 4. The third-order valence-corrected chi connectivity index (χ3v) is 5.45. The number of anilines is 1. The molecule has 1 aliphatic rings. The van der Waals surface area contributed by atoms with Gasteiger partial charge in [0.2, 0.25) is 5.91 Å². The number of hydrogen-bond acceptors (Lipinski definition) is 4. The largest absolute Gasteiger partial charge is 0.361 e. The molecule has 3 N–H and O–H groups in total. The van der Waals surface area contributed by atoms with Gasteiger partial charge in [0.1, 0.15) is 6.04 Å². The van der Waals surface area contributed by atoms with E-state index in [1.54, 1.807) is 10.9 Å². The van der Waals surface area contributed by atoms with E-state index in [9.17, 15) is 14.4 Å². The summed E-state index contributed by atoms with van der Waals surface area (Å²) in [4.78, 5) is 41.9. The monoisotopic (exact) mass is 422 g/mol. The molecule has 0 saturated carbocycles. The molecule has 0 radical (unpaired) electrons. The number of aryl methyl sites for hydroxylation is 2. The van der Waals surface area contributed by atoms with Crippen molar-refractivity contribution in [1.82, 2.24) is 25.0 Å². The number of H-pyrrole nitrogens is 1. The minimum atomic E-state index is -0.860. The van der Waals surface area contributed by atoms with Crippen molar-refractivity contribution in [2.75, 3.05) is 11.9 Å². The van der Waals surface area contributed by atoms with Crippen LogP contribution in [0.25, 0.3) is 10.9 Å². The fraction of sp³-hybridized carbons (Fsp3) is 0.364. The summed E-state index contributed by atoms with van der Waals surface area (Å²) in [6.07, 6.45) is 5.03. The van der Waals surface area contributed by atoms with Crippen LogP contribution >= 0.6 is 0 Å². The van der Waals surface area contributed by atoms with Crippen LogP contribution < -0.4 is 10.6 Å². The maximum Gasteiger partial charge on any atom is 0.324 e. The molecule has 1 atom stereocenters. The molecular formula is C22H26N6O3. The van der Waals surface area contributed by atoms with E-state index in [-0.39, 0.29) is 24.8 Å². The summed E-state index contributed by atoms with van der Waals surface area (Å²) in [6, 6.07) is 6.57. The highest BCUT2D eigenvalue weighted by Gasteiger charge is 2.38. The second-order valence-electron chi connectivity index (χ2n) is 7.75. The molecule has 31 heavy (non-hydrogen) atoms. The third-order valence-electron chi connectivity index (χ3n) is 5.45. The molecule has 1 aromatic carbocycles. The summed E-state index contributed by atoms with van der Waals surface area (Å²) in [7, 11) is 0. The molecule has 9 nitrogen and oxygen atoms in total. The van der Waals surface area contributed by atoms with Crippen molar-refractivity contribution < 1.29 is 14.4 Å². The van der Waals surface area contributed by atoms with Crippen LogP contribution in [0.2, 0.25) is 0 Å². The van der Waals surface area contributed by atoms with E-state index >= 15 is 0 Å². The predicted molar refractivity (Wildman–Crippen MR) is 117 cm³/mol. The van der Waals surface area contributed by atoms with Crippen molar-refractivity contribution in [1.29, 1.82) is 0 Å². The predicted octanol–water partition coefficient (Wildman–Crippen LogP) is 2.57. The Morgan fingerprint density at radius 2 is 2.03 bits per heavy atom. The van der Waals surface area contributed by atoms with Crippen LogP contribution in [0.3, 0.4) is 0 Å². The molecule has 2 aromatic heterocycles. The number of nitrogens with one attached hydrogen (secondary N) is 3. The van der Waals surface area contributed by atoms with E-state index in [1.807, 2.05) is 44.3 Å². The molecule has 0 aliphatic carbocycles. The van der Waals surface area contributed by atoms with Gasteiger partial charge in [-0.05, 0) is 31.4 Å². The first-order valence-electron chi connectivity index (χ1n) is 10.5. The van der Waals surface area contributed by atoms with Gasteiger partial charge in [0, 0.05) is 36.4 Å². The van der Waals surface area contributed by atoms with E-state index in [0.29, 0.717) is 17.8 Å². The molecule has 1 fully saturated rings. The van der Waals surface area contributed by atoms with Gasteiger partial charge in [-0.25, -0.2) is 4.79 Å². The van der Waals surface area contributed by atoms with Gasteiger partial charge in [-0.1, -0.05) is 25.1 Å². The van der Waals surface area contributed by atoms with Gasteiger partial charge < -0.3 is 15.6 Å². The van der Waals surface area contributed by atoms with Crippen molar-refractivity contribution in [3.05, 3.63) is 47.9 Å². The van der Waals surface area contributed by atoms with Gasteiger partial charge in [-0.2, -0.15) is 5.10 Å². The number of imide groups is 1. The molecule has 1 unspecified atom stereocenters. The number of carbonyl (C=O) groups is 3. The zero-order chi connectivity index (χ0) is 22.0. The molecule has 4 rings (SSSR count). The maximum absolute atomic E-state index is 12.7. The topological polar surface area (TPSA) is 112 Å². The highest BCUT2D eigenvalue weighted by molar-refractivity contribution is 6.07. The molecule has 9 heteroatoms. The van der Waals surface area contributed by atoms with Crippen molar-refractivity contribution >= 4 is 34.4 Å². The van der Waals surface area contributed by atoms with Crippen LogP contribution in [-0.2, 0) is 22.6 Å². The lowest BCUT2D eigenvalue weighted by molar-refractivity contribution is -0.129. The SMILES string of the molecule is CCCn1cc(NC(=O)CC2NC(=O)N(CCc3c[nH]c4ccccc34)C2=O)c(C)n1. The summed E-state index contributed by atoms with van der Waals surface area (Å²) >= 11 is 0. The number of aromatic amines is 1. The minimum absolute atomic E-state index is 0.118. The van der Waals surface area contributed by atoms with Crippen molar-refractivity contribution in [3.8, 4) is 0 Å². The smallest absolute Gasteiger partial charge is 0.324 e. The Bertz CT molecular complexity index is 1130. The fourth-order valence-electron chi connectivity index (χ4n) is 3.87. The van der Waals surface area contributed by atoms with Crippen LogP contribution in [-0.4, -0.2) is 50.1 Å². The molecule has 162 valence electrons. The number of benzene rings is 1. The number of fused-ring (bicyclic) bond motifs is 1. The summed E-state index contributed by atoms with van der Waals surface area (Å²) in [5, 5.41) is 10.8. The quantitative estimate of drug-likeness (QED) is 0.484. The van der Waals surface area contributed by atoms with Crippen LogP contribution in [0.5, 0.6) is 0 Å². The zero-order valence-corrected chi connectivity index (χ0v) is 17.6. The average Bonchev–Trinajstić information content (AvgIpc) is 3.38. The molecule has 4 amide bonds. The normalized spacial score (nSPS) is 16.2. The highest BCUT2D eigenvalue weighted by atomic mass is 16.2. The van der Waals surface area contributed by atoms with Crippen LogP contribution in [0.4, 0.5) is 10.5 Å². The Kier molecular flexibility index (Phi) is 5.75. The summed E-state index contributed by atoms with van der Waals surface area (Å²) < 4.78 is 1.78. The second-order valence-corrected chi connectivity index (χ2v) is 7.75. The van der Waals surface area contributed by atoms with Gasteiger partial charge in [0.15, 0.2) is 0 Å². The lowest BCUT2D eigenvalue weighted by atomic mass is 10.1. The van der Waals surface area contributed by atoms with Gasteiger partial charge >= 0.3 is 6.03 Å². The molecule has 1 aliphatic heterocycles. The second kappa shape index (κ2) is 8.63. The molecule has 3 heterocycles. The molecule has 1 saturated heterocycles. The Hall–Kier alpha value is -3.62. The van der Waals surface area contributed by atoms with E-state index < -0.39 is 12.1 Å². The lowest BCUT2D eigenvalue weighted by Crippen LogP contribution is -2.35. The maximum atomic E-state index is 12.7. The molecular weight excluding hydrogens is 396 g/mol. The van der Waals surface area contributed by atoms with Crippen molar-refractivity contribution in [2.24, 2.45) is 0 Å². The number of rotatable bonds is 8. The number of aromatic nitrogens is 3. The summed E-state index contributed by atoms with van der Waals surface area (Å²) in [5.41, 5.74) is 3.38. The number of hydrogen-bond donors (Lipinski definition) is 3. The standard InChI is InChI=1S/C22H26N6O3/c1-3-9-27-13-19(14(2)26-27)24-20(29)11-18-21(30)28(22(31)25-18)10-8-15-12-23-17-7-5-4-6-16(15)17/h4-7,12-13,18,23H,3,8-11H2,1-2H3,(H,24,29)(H,25,31). The molecule has 0 bridgehead atoms. The first-order valence-corrected chi connectivity index (χ1v) is 10.5. The Balaban J connectivity index is 1.35. The van der Waals surface area contributed by atoms with Gasteiger partial charge in [-0.15, -0.1) is 0 Å². The lowest BCUT2D eigenvalue weighted by Gasteiger charge is -2.12. The number of urea groups is 1. The highest BCUT2D eigenvalue weighted by Crippen LogP contribution is 2.20. The third kappa shape index (κ3) is 4.30. The van der Waals surface area contributed by atoms with E-state index in [2.05, 4.69) is 20.7 Å². The van der Waals surface area contributed by atoms with Gasteiger partial charge in [0.25, 0.3) is 5.91 Å². The van der Waals surface area contributed by atoms with E-state index in [4.69, 9.17) is 0 Å². The number of nitrogens with zero attached hydrogens (tertiary/aromatic N) is 3. The first-order chi connectivity index (χ1) is 15.0. The van der Waals surface area contributed by atoms with Crippen molar-refractivity contribution in [3.63, 3.8) is 0 Å². The van der Waals surface area contributed by atoms with E-state index in [1.165, 1.54) is 4.90 Å². The average molecular weight is 422 g/mol. The molecule has 0 spiro atoms. The van der Waals surface area contributed by atoms with Gasteiger partial charge in [-0.3, -0.25) is 19.2 Å². The first kappa shape index (κ1) is 20.6. The van der Waals surface area contributed by atoms with Gasteiger partial charge in [0.05, 0.1) is 17.8 Å².